The largest absolute Gasteiger partial charge is 0.508 e. The zero-order valence-electron chi connectivity index (χ0n) is 17.3. The fraction of sp³-hybridized carbons (Fsp3) is 0.333. The van der Waals surface area contributed by atoms with Gasteiger partial charge in [0.25, 0.3) is 0 Å². The van der Waals surface area contributed by atoms with Crippen LogP contribution in [0.5, 0.6) is 5.75 Å². The van der Waals surface area contributed by atoms with Crippen LogP contribution in [0.2, 0.25) is 0 Å². The Morgan fingerprint density at radius 2 is 1.81 bits per heavy atom. The minimum Gasteiger partial charge on any atom is -0.508 e. The van der Waals surface area contributed by atoms with Crippen LogP contribution in [0.1, 0.15) is 25.3 Å². The number of amides is 2. The van der Waals surface area contributed by atoms with Gasteiger partial charge in [-0.1, -0.05) is 24.3 Å². The Morgan fingerprint density at radius 1 is 1.13 bits per heavy atom. The number of carbonyl (C=O) groups is 3. The highest BCUT2D eigenvalue weighted by Gasteiger charge is 2.22. The summed E-state index contributed by atoms with van der Waals surface area (Å²) in [6.07, 6.45) is 6.22. The molecule has 8 N–H and O–H groups in total. The molecule has 0 heterocycles. The summed E-state index contributed by atoms with van der Waals surface area (Å²) in [5.74, 6) is -2.03. The van der Waals surface area contributed by atoms with E-state index in [1.807, 2.05) is 0 Å². The molecule has 1 rings (SSSR count). The summed E-state index contributed by atoms with van der Waals surface area (Å²) in [4.78, 5) is 39.7. The average Bonchev–Trinajstić information content (AvgIpc) is 2.70. The number of nitrogens with zero attached hydrogens (tertiary/aromatic N) is 1. The van der Waals surface area contributed by atoms with Crippen molar-refractivity contribution in [3.8, 4) is 5.75 Å². The molecule has 1 aromatic carbocycles. The standard InChI is InChI=1S/C21H29N5O5/c1-2-4-18(28)26-17(13-14-6-9-16(27)10-7-14)20(31)25-15(8-11-19(29)30)5-3-12-24-21(22)23/h2,4,6-11,15,17,27H,3,5,12-13H2,1H3,(H,25,31)(H,26,28)(H,29,30)(H4,22,23,24)/b4-2+,11-8+/t15-,17-/m0/s1. The molecule has 0 saturated carbocycles. The van der Waals surface area contributed by atoms with Crippen LogP contribution in [-0.2, 0) is 20.8 Å². The first kappa shape index (κ1) is 25.2. The first-order chi connectivity index (χ1) is 14.7. The van der Waals surface area contributed by atoms with Crippen LogP contribution < -0.4 is 22.1 Å². The molecule has 31 heavy (non-hydrogen) atoms. The zero-order valence-corrected chi connectivity index (χ0v) is 17.3. The van der Waals surface area contributed by atoms with Crippen LogP contribution in [0.3, 0.4) is 0 Å². The minimum atomic E-state index is -1.15. The van der Waals surface area contributed by atoms with Crippen molar-refractivity contribution in [1.82, 2.24) is 10.6 Å². The van der Waals surface area contributed by atoms with Gasteiger partial charge in [0.15, 0.2) is 5.96 Å². The van der Waals surface area contributed by atoms with Gasteiger partial charge in [0.05, 0.1) is 0 Å². The monoisotopic (exact) mass is 431 g/mol. The lowest BCUT2D eigenvalue weighted by Crippen LogP contribution is -2.50. The van der Waals surface area contributed by atoms with E-state index in [0.717, 1.165) is 11.6 Å². The molecule has 0 spiro atoms. The predicted octanol–water partition coefficient (Wildman–Crippen LogP) is 0.175. The van der Waals surface area contributed by atoms with Gasteiger partial charge >= 0.3 is 5.97 Å². The van der Waals surface area contributed by atoms with Gasteiger partial charge in [-0.15, -0.1) is 0 Å². The van der Waals surface area contributed by atoms with Crippen molar-refractivity contribution in [3.63, 3.8) is 0 Å². The van der Waals surface area contributed by atoms with Crippen LogP contribution in [0.25, 0.3) is 0 Å². The highest BCUT2D eigenvalue weighted by atomic mass is 16.4. The average molecular weight is 431 g/mol. The van der Waals surface area contributed by atoms with E-state index in [1.165, 1.54) is 24.3 Å². The molecule has 0 unspecified atom stereocenters. The van der Waals surface area contributed by atoms with E-state index in [-0.39, 0.29) is 18.1 Å². The van der Waals surface area contributed by atoms with E-state index in [2.05, 4.69) is 15.6 Å². The summed E-state index contributed by atoms with van der Waals surface area (Å²) in [5.41, 5.74) is 11.3. The molecule has 1 aromatic rings. The number of guanidine groups is 1. The number of aliphatic carboxylic acids is 1. The quantitative estimate of drug-likeness (QED) is 0.118. The highest BCUT2D eigenvalue weighted by Crippen LogP contribution is 2.12. The van der Waals surface area contributed by atoms with Crippen molar-refractivity contribution >= 4 is 23.7 Å². The van der Waals surface area contributed by atoms with Gasteiger partial charge in [-0.05, 0) is 43.5 Å². The Balaban J connectivity index is 2.94. The number of nitrogens with two attached hydrogens (primary N) is 2. The van der Waals surface area contributed by atoms with Gasteiger partial charge in [0.1, 0.15) is 11.8 Å². The van der Waals surface area contributed by atoms with Gasteiger partial charge in [-0.2, -0.15) is 0 Å². The van der Waals surface area contributed by atoms with Gasteiger partial charge in [0, 0.05) is 25.1 Å². The van der Waals surface area contributed by atoms with Crippen molar-refractivity contribution in [1.29, 1.82) is 0 Å². The normalized spacial score (nSPS) is 12.9. The topological polar surface area (TPSA) is 180 Å². The molecule has 2 amide bonds. The van der Waals surface area contributed by atoms with E-state index >= 15 is 0 Å². The molecule has 0 aromatic heterocycles. The lowest BCUT2D eigenvalue weighted by Gasteiger charge is -2.21. The highest BCUT2D eigenvalue weighted by molar-refractivity contribution is 5.93. The predicted molar refractivity (Wildman–Crippen MR) is 117 cm³/mol. The maximum absolute atomic E-state index is 12.9. The number of hydrogen-bond donors (Lipinski definition) is 6. The molecule has 0 fully saturated rings. The third-order valence-electron chi connectivity index (χ3n) is 4.09. The van der Waals surface area contributed by atoms with E-state index in [4.69, 9.17) is 16.6 Å². The molecule has 10 heteroatoms. The van der Waals surface area contributed by atoms with Crippen molar-refractivity contribution < 1.29 is 24.6 Å². The van der Waals surface area contributed by atoms with E-state index in [0.29, 0.717) is 19.4 Å². The molecule has 0 aliphatic heterocycles. The second kappa shape index (κ2) is 13.4. The number of carbonyl (C=O) groups excluding carboxylic acids is 2. The number of carboxylic acids is 1. The van der Waals surface area contributed by atoms with Crippen LogP contribution in [-0.4, -0.2) is 52.6 Å². The number of phenolic OH excluding ortho intramolecular Hbond substituents is 1. The lowest BCUT2D eigenvalue weighted by molar-refractivity contribution is -0.131. The Hall–Kier alpha value is -3.82. The molecule has 10 nitrogen and oxygen atoms in total. The lowest BCUT2D eigenvalue weighted by atomic mass is 10.0. The Kier molecular flexibility index (Phi) is 10.9. The second-order valence-electron chi connectivity index (χ2n) is 6.69. The number of benzene rings is 1. The smallest absolute Gasteiger partial charge is 0.328 e. The molecule has 0 aliphatic carbocycles. The van der Waals surface area contributed by atoms with Crippen molar-refractivity contribution in [2.75, 3.05) is 6.54 Å². The summed E-state index contributed by atoms with van der Waals surface area (Å²) in [6, 6.07) is 4.76. The van der Waals surface area contributed by atoms with Gasteiger partial charge in [-0.25, -0.2) is 4.79 Å². The molecule has 0 bridgehead atoms. The number of nitrogens with one attached hydrogen (secondary N) is 2. The van der Waals surface area contributed by atoms with E-state index < -0.39 is 29.9 Å². The number of carboxylic acid groups (broad SMARTS) is 1. The van der Waals surface area contributed by atoms with Crippen LogP contribution in [0, 0.1) is 0 Å². The van der Waals surface area contributed by atoms with Crippen molar-refractivity contribution in [3.05, 3.63) is 54.1 Å². The Bertz CT molecular complexity index is 829. The maximum atomic E-state index is 12.9. The molecule has 0 saturated heterocycles. The first-order valence-electron chi connectivity index (χ1n) is 9.69. The minimum absolute atomic E-state index is 0.0534. The third-order valence-corrected chi connectivity index (χ3v) is 4.09. The number of phenols is 1. The number of allylic oxidation sites excluding steroid dienone is 1. The van der Waals surface area contributed by atoms with Crippen molar-refractivity contribution in [2.24, 2.45) is 16.5 Å². The van der Waals surface area contributed by atoms with Crippen LogP contribution in [0.4, 0.5) is 0 Å². The van der Waals surface area contributed by atoms with E-state index in [9.17, 15) is 19.5 Å². The number of aliphatic imine (C=N–C) groups is 1. The van der Waals surface area contributed by atoms with E-state index in [1.54, 1.807) is 25.1 Å². The molecule has 0 aliphatic rings. The molecular formula is C21H29N5O5. The fourth-order valence-corrected chi connectivity index (χ4v) is 2.67. The number of rotatable bonds is 12. The molecular weight excluding hydrogens is 402 g/mol. The third kappa shape index (κ3) is 11.1. The maximum Gasteiger partial charge on any atom is 0.328 e. The van der Waals surface area contributed by atoms with Crippen LogP contribution >= 0.6 is 0 Å². The number of hydrogen-bond acceptors (Lipinski definition) is 5. The summed E-state index contributed by atoms with van der Waals surface area (Å²) >= 11 is 0. The first-order valence-corrected chi connectivity index (χ1v) is 9.69. The Morgan fingerprint density at radius 3 is 2.39 bits per heavy atom. The van der Waals surface area contributed by atoms with Crippen LogP contribution in [0.15, 0.2) is 53.6 Å². The van der Waals surface area contributed by atoms with Crippen molar-refractivity contribution in [2.45, 2.75) is 38.3 Å². The summed E-state index contributed by atoms with van der Waals surface area (Å²) in [6.45, 7) is 2.00. The zero-order chi connectivity index (χ0) is 23.2. The fourth-order valence-electron chi connectivity index (χ4n) is 2.67. The van der Waals surface area contributed by atoms with Gasteiger partial charge < -0.3 is 32.3 Å². The SMILES string of the molecule is C/C=C/C(=O)N[C@@H](Cc1ccc(O)cc1)C(=O)N[C@H](/C=C/C(=O)O)CCCN=C(N)N. The molecule has 0 radical (unpaired) electrons. The molecule has 2 atom stereocenters. The summed E-state index contributed by atoms with van der Waals surface area (Å²) < 4.78 is 0. The second-order valence-corrected chi connectivity index (χ2v) is 6.69. The van der Waals surface area contributed by atoms with Gasteiger partial charge in [0.2, 0.25) is 11.8 Å². The van der Waals surface area contributed by atoms with Gasteiger partial charge in [-0.3, -0.25) is 14.6 Å². The molecule has 168 valence electrons. The number of aromatic hydroxyl groups is 1. The summed E-state index contributed by atoms with van der Waals surface area (Å²) in [5, 5.41) is 23.7. The Labute approximate surface area is 180 Å². The summed E-state index contributed by atoms with van der Waals surface area (Å²) in [7, 11) is 0.